The van der Waals surface area contributed by atoms with Gasteiger partial charge < -0.3 is 14.8 Å². The Morgan fingerprint density at radius 2 is 2.00 bits per heavy atom. The normalized spacial score (nSPS) is 10.8. The highest BCUT2D eigenvalue weighted by atomic mass is 79.9. The van der Waals surface area contributed by atoms with Crippen molar-refractivity contribution in [3.05, 3.63) is 68.7 Å². The minimum atomic E-state index is -0.513. The van der Waals surface area contributed by atoms with Crippen LogP contribution >= 0.6 is 27.5 Å². The summed E-state index contributed by atoms with van der Waals surface area (Å²) in [6.07, 6.45) is 1.42. The summed E-state index contributed by atoms with van der Waals surface area (Å²) in [6, 6.07) is 14.4. The highest BCUT2D eigenvalue weighted by molar-refractivity contribution is 9.10. The van der Waals surface area contributed by atoms with Crippen molar-refractivity contribution in [2.45, 2.75) is 13.5 Å². The van der Waals surface area contributed by atoms with Crippen molar-refractivity contribution in [2.75, 3.05) is 13.2 Å². The van der Waals surface area contributed by atoms with Crippen LogP contribution < -0.4 is 10.1 Å². The van der Waals surface area contributed by atoms with E-state index in [1.807, 2.05) is 36.4 Å². The van der Waals surface area contributed by atoms with Gasteiger partial charge in [0.2, 0.25) is 0 Å². The lowest BCUT2D eigenvalue weighted by Gasteiger charge is -2.11. The zero-order valence-corrected chi connectivity index (χ0v) is 17.9. The van der Waals surface area contributed by atoms with E-state index in [2.05, 4.69) is 21.2 Å². The molecule has 6 nitrogen and oxygen atoms in total. The van der Waals surface area contributed by atoms with Crippen molar-refractivity contribution in [3.63, 3.8) is 0 Å². The van der Waals surface area contributed by atoms with E-state index in [0.29, 0.717) is 16.6 Å². The number of hydrogen-bond acceptors (Lipinski definition) is 5. The molecular weight excluding hydrogens is 460 g/mol. The lowest BCUT2D eigenvalue weighted by Crippen LogP contribution is -2.23. The summed E-state index contributed by atoms with van der Waals surface area (Å²) in [5.41, 5.74) is 1.38. The second kappa shape index (κ2) is 11.2. The number of rotatable bonds is 8. The lowest BCUT2D eigenvalue weighted by atomic mass is 10.1. The van der Waals surface area contributed by atoms with E-state index in [1.165, 1.54) is 12.1 Å². The summed E-state index contributed by atoms with van der Waals surface area (Å²) in [5.74, 6) is -0.739. The fourth-order valence-corrected chi connectivity index (χ4v) is 3.31. The first-order chi connectivity index (χ1) is 13.9. The van der Waals surface area contributed by atoms with E-state index in [0.717, 1.165) is 5.56 Å². The smallest absolute Gasteiger partial charge is 0.344 e. The molecule has 0 aliphatic carbocycles. The number of amides is 1. The number of nitrogens with one attached hydrogen (secondary N) is 1. The predicted molar refractivity (Wildman–Crippen MR) is 113 cm³/mol. The molecular formula is C21H18BrClN2O4. The van der Waals surface area contributed by atoms with Gasteiger partial charge in [-0.05, 0) is 52.2 Å². The summed E-state index contributed by atoms with van der Waals surface area (Å²) < 4.78 is 10.7. The average Bonchev–Trinajstić information content (AvgIpc) is 2.70. The number of nitriles is 1. The standard InChI is InChI=1S/C21H18BrClN2O4/c1-2-28-19(26)13-29-20-17(22)9-15(10-18(20)23)8-16(11-24)21(27)25-12-14-6-4-3-5-7-14/h3-10H,2,12-13H2,1H3,(H,25,27)/b16-8-. The Balaban J connectivity index is 2.11. The Bertz CT molecular complexity index is 932. The van der Waals surface area contributed by atoms with Crippen LogP contribution in [0.3, 0.4) is 0 Å². The minimum Gasteiger partial charge on any atom is -0.479 e. The van der Waals surface area contributed by atoms with E-state index < -0.39 is 11.9 Å². The highest BCUT2D eigenvalue weighted by Crippen LogP contribution is 2.35. The maximum atomic E-state index is 12.3. The third-order valence-electron chi connectivity index (χ3n) is 3.63. The van der Waals surface area contributed by atoms with Crippen molar-refractivity contribution >= 4 is 45.5 Å². The van der Waals surface area contributed by atoms with E-state index >= 15 is 0 Å². The first-order valence-electron chi connectivity index (χ1n) is 8.66. The number of hydrogen-bond donors (Lipinski definition) is 1. The maximum Gasteiger partial charge on any atom is 0.344 e. The number of carbonyl (C=O) groups is 2. The summed E-state index contributed by atoms with van der Waals surface area (Å²) in [7, 11) is 0. The molecule has 0 aliphatic heterocycles. The van der Waals surface area contributed by atoms with Crippen LogP contribution in [0.1, 0.15) is 18.1 Å². The highest BCUT2D eigenvalue weighted by Gasteiger charge is 2.14. The Kier molecular flexibility index (Phi) is 8.71. The molecule has 2 aromatic rings. The number of nitrogens with zero attached hydrogens (tertiary/aromatic N) is 1. The van der Waals surface area contributed by atoms with E-state index in [9.17, 15) is 14.9 Å². The zero-order valence-electron chi connectivity index (χ0n) is 15.6. The van der Waals surface area contributed by atoms with Gasteiger partial charge in [0.15, 0.2) is 12.4 Å². The molecule has 0 heterocycles. The molecule has 0 fully saturated rings. The summed E-state index contributed by atoms with van der Waals surface area (Å²) >= 11 is 9.55. The number of benzene rings is 2. The van der Waals surface area contributed by atoms with Crippen LogP contribution in [-0.2, 0) is 20.9 Å². The molecule has 0 aromatic heterocycles. The van der Waals surface area contributed by atoms with Crippen LogP contribution in [0, 0.1) is 11.3 Å². The van der Waals surface area contributed by atoms with Crippen LogP contribution in [0.2, 0.25) is 5.02 Å². The molecule has 0 spiro atoms. The third kappa shape index (κ3) is 6.93. The van der Waals surface area contributed by atoms with Crippen molar-refractivity contribution < 1.29 is 19.1 Å². The fraction of sp³-hybridized carbons (Fsp3) is 0.190. The number of esters is 1. The van der Waals surface area contributed by atoms with Crippen molar-refractivity contribution in [3.8, 4) is 11.8 Å². The summed E-state index contributed by atoms with van der Waals surface area (Å²) in [5, 5.41) is 12.3. The van der Waals surface area contributed by atoms with Crippen molar-refractivity contribution in [1.82, 2.24) is 5.32 Å². The first-order valence-corrected chi connectivity index (χ1v) is 9.83. The quantitative estimate of drug-likeness (QED) is 0.348. The maximum absolute atomic E-state index is 12.3. The number of carbonyl (C=O) groups excluding carboxylic acids is 2. The van der Waals surface area contributed by atoms with Gasteiger partial charge in [0.25, 0.3) is 5.91 Å². The molecule has 8 heteroatoms. The predicted octanol–water partition coefficient (Wildman–Crippen LogP) is 4.27. The molecule has 2 rings (SSSR count). The number of halogens is 2. The van der Waals surface area contributed by atoms with Gasteiger partial charge >= 0.3 is 5.97 Å². The SMILES string of the molecule is CCOC(=O)COc1c(Cl)cc(/C=C(/C#N)C(=O)NCc2ccccc2)cc1Br. The minimum absolute atomic E-state index is 0.0657. The van der Waals surface area contributed by atoms with Gasteiger partial charge in [-0.15, -0.1) is 0 Å². The Morgan fingerprint density at radius 1 is 1.28 bits per heavy atom. The Morgan fingerprint density at radius 3 is 2.62 bits per heavy atom. The monoisotopic (exact) mass is 476 g/mol. The van der Waals surface area contributed by atoms with Crippen LogP contribution in [0.4, 0.5) is 0 Å². The van der Waals surface area contributed by atoms with Crippen LogP contribution in [0.25, 0.3) is 6.08 Å². The topological polar surface area (TPSA) is 88.4 Å². The van der Waals surface area contributed by atoms with E-state index in [1.54, 1.807) is 13.0 Å². The Labute approximate surface area is 182 Å². The van der Waals surface area contributed by atoms with E-state index in [-0.39, 0.29) is 29.6 Å². The number of ether oxygens (including phenoxy) is 2. The van der Waals surface area contributed by atoms with Gasteiger partial charge in [0.1, 0.15) is 11.6 Å². The molecule has 2 aromatic carbocycles. The van der Waals surface area contributed by atoms with Crippen molar-refractivity contribution in [1.29, 1.82) is 5.26 Å². The average molecular weight is 478 g/mol. The molecule has 1 N–H and O–H groups in total. The summed E-state index contributed by atoms with van der Waals surface area (Å²) in [6.45, 7) is 1.98. The van der Waals surface area contributed by atoms with E-state index in [4.69, 9.17) is 21.1 Å². The zero-order chi connectivity index (χ0) is 21.2. The van der Waals surface area contributed by atoms with Gasteiger partial charge in [-0.3, -0.25) is 4.79 Å². The van der Waals surface area contributed by atoms with Crippen LogP contribution in [0.15, 0.2) is 52.5 Å². The molecule has 0 saturated heterocycles. The van der Waals surface area contributed by atoms with Crippen LogP contribution in [-0.4, -0.2) is 25.1 Å². The third-order valence-corrected chi connectivity index (χ3v) is 4.50. The second-order valence-corrected chi connectivity index (χ2v) is 7.01. The van der Waals surface area contributed by atoms with Gasteiger partial charge in [-0.25, -0.2) is 4.79 Å². The molecule has 150 valence electrons. The van der Waals surface area contributed by atoms with Gasteiger partial charge in [0.05, 0.1) is 16.1 Å². The molecule has 0 bridgehead atoms. The van der Waals surface area contributed by atoms with Crippen LogP contribution in [0.5, 0.6) is 5.75 Å². The molecule has 1 amide bonds. The van der Waals surface area contributed by atoms with Gasteiger partial charge in [0, 0.05) is 6.54 Å². The van der Waals surface area contributed by atoms with Gasteiger partial charge in [-0.1, -0.05) is 41.9 Å². The molecule has 29 heavy (non-hydrogen) atoms. The lowest BCUT2D eigenvalue weighted by molar-refractivity contribution is -0.145. The largest absolute Gasteiger partial charge is 0.479 e. The molecule has 0 aliphatic rings. The fourth-order valence-electron chi connectivity index (χ4n) is 2.32. The second-order valence-electron chi connectivity index (χ2n) is 5.75. The molecule has 0 saturated carbocycles. The van der Waals surface area contributed by atoms with Crippen molar-refractivity contribution in [2.24, 2.45) is 0 Å². The molecule has 0 unspecified atom stereocenters. The first kappa shape index (κ1) is 22.5. The Hall–Kier alpha value is -2.82. The van der Waals surface area contributed by atoms with Gasteiger partial charge in [-0.2, -0.15) is 5.26 Å². The molecule has 0 atom stereocenters. The molecule has 0 radical (unpaired) electrons. The summed E-state index contributed by atoms with van der Waals surface area (Å²) in [4.78, 5) is 23.7.